The Balaban J connectivity index is 3.20. The smallest absolute Gasteiger partial charge is 0.0159 e. The molecule has 0 N–H and O–H groups in total. The van der Waals surface area contributed by atoms with E-state index in [1.54, 1.807) is 10.8 Å². The zero-order valence-corrected chi connectivity index (χ0v) is 9.27. The first-order valence-electron chi connectivity index (χ1n) is 4.63. The zero-order chi connectivity index (χ0) is 8.53. The fourth-order valence-corrected chi connectivity index (χ4v) is 2.36. The highest BCUT2D eigenvalue weighted by molar-refractivity contribution is 8.68. The summed E-state index contributed by atoms with van der Waals surface area (Å²) in [7, 11) is 1.63. The van der Waals surface area contributed by atoms with Crippen molar-refractivity contribution in [2.75, 3.05) is 0 Å². The molecule has 0 aromatic heterocycles. The Morgan fingerprint density at radius 1 is 1.09 bits per heavy atom. The quantitative estimate of drug-likeness (QED) is 0.419. The van der Waals surface area contributed by atoms with Crippen LogP contribution in [0.3, 0.4) is 0 Å². The summed E-state index contributed by atoms with van der Waals surface area (Å²) in [6.07, 6.45) is 7.97. The van der Waals surface area contributed by atoms with Gasteiger partial charge in [0.15, 0.2) is 0 Å². The van der Waals surface area contributed by atoms with Gasteiger partial charge in [0.05, 0.1) is 0 Å². The van der Waals surface area contributed by atoms with Crippen molar-refractivity contribution in [1.29, 1.82) is 0 Å². The second-order valence-electron chi connectivity index (χ2n) is 3.00. The van der Waals surface area contributed by atoms with Crippen LogP contribution in [0.25, 0.3) is 0 Å². The van der Waals surface area contributed by atoms with E-state index in [0.29, 0.717) is 0 Å². The first kappa shape index (κ1) is 11.7. The van der Waals surface area contributed by atoms with Gasteiger partial charge in [0.25, 0.3) is 0 Å². The molecule has 0 aromatic carbocycles. The Morgan fingerprint density at radius 3 is 2.27 bits per heavy atom. The summed E-state index contributed by atoms with van der Waals surface area (Å²) in [5.74, 6) is 0. The van der Waals surface area contributed by atoms with Crippen molar-refractivity contribution in [1.82, 2.24) is 0 Å². The Kier molecular flexibility index (Phi) is 9.35. The molecule has 0 aliphatic rings. The van der Waals surface area contributed by atoms with Gasteiger partial charge < -0.3 is 0 Å². The molecule has 0 rings (SSSR count). The van der Waals surface area contributed by atoms with E-state index in [-0.39, 0.29) is 0 Å². The highest BCUT2D eigenvalue weighted by Crippen LogP contribution is 2.24. The first-order chi connectivity index (χ1) is 5.35. The minimum absolute atomic E-state index is 0.751. The third-order valence-corrected chi connectivity index (χ3v) is 3.44. The summed E-state index contributed by atoms with van der Waals surface area (Å²) < 4.78 is 0. The number of hydrogen-bond donors (Lipinski definition) is 0. The monoisotopic (exact) mass is 191 g/mol. The van der Waals surface area contributed by atoms with Crippen molar-refractivity contribution in [3.8, 4) is 0 Å². The van der Waals surface area contributed by atoms with E-state index in [9.17, 15) is 0 Å². The minimum atomic E-state index is 0.751. The van der Waals surface area contributed by atoms with Gasteiger partial charge >= 0.3 is 0 Å². The van der Waals surface area contributed by atoms with Crippen molar-refractivity contribution < 1.29 is 0 Å². The molecule has 2 heteroatoms. The maximum Gasteiger partial charge on any atom is 0.0159 e. The van der Waals surface area contributed by atoms with E-state index >= 15 is 0 Å². The number of hydrogen-bond acceptors (Lipinski definition) is 1. The molecular weight excluding hydrogens is 172 g/mol. The summed E-state index contributed by atoms with van der Waals surface area (Å²) in [6, 6.07) is 0. The maximum absolute atomic E-state index is 5.01. The van der Waals surface area contributed by atoms with Crippen molar-refractivity contribution in [2.24, 2.45) is 0 Å². The van der Waals surface area contributed by atoms with Gasteiger partial charge in [0, 0.05) is 5.25 Å². The molecule has 0 spiro atoms. The van der Waals surface area contributed by atoms with E-state index in [0.717, 1.165) is 5.25 Å². The van der Waals surface area contributed by atoms with Gasteiger partial charge in [-0.25, -0.2) is 0 Å². The lowest BCUT2D eigenvalue weighted by Crippen LogP contribution is -1.99. The highest BCUT2D eigenvalue weighted by atomic mass is 33.1. The van der Waals surface area contributed by atoms with E-state index < -0.39 is 0 Å². The first-order valence-corrected chi connectivity index (χ1v) is 6.44. The van der Waals surface area contributed by atoms with Crippen LogP contribution >= 0.6 is 22.5 Å². The molecule has 1 radical (unpaired) electrons. The average Bonchev–Trinajstić information content (AvgIpc) is 2.03. The summed E-state index contributed by atoms with van der Waals surface area (Å²) in [5.41, 5.74) is 0. The lowest BCUT2D eigenvalue weighted by atomic mass is 10.1. The van der Waals surface area contributed by atoms with Gasteiger partial charge in [-0.3, -0.25) is 0 Å². The molecule has 1 unspecified atom stereocenters. The molecule has 0 aromatic rings. The SMILES string of the molecule is CCCCCC(CCC)S[S]. The van der Waals surface area contributed by atoms with Crippen LogP contribution in [0.4, 0.5) is 0 Å². The molecule has 11 heavy (non-hydrogen) atoms. The van der Waals surface area contributed by atoms with Crippen LogP contribution in [0.15, 0.2) is 0 Å². The van der Waals surface area contributed by atoms with Crippen LogP contribution in [0, 0.1) is 0 Å². The number of rotatable bonds is 7. The maximum atomic E-state index is 5.01. The Bertz CT molecular complexity index is 74.0. The van der Waals surface area contributed by atoms with Crippen molar-refractivity contribution in [2.45, 2.75) is 57.6 Å². The predicted octanol–water partition coefficient (Wildman–Crippen LogP) is 4.58. The summed E-state index contributed by atoms with van der Waals surface area (Å²) >= 11 is 5.01. The van der Waals surface area contributed by atoms with Gasteiger partial charge in [0.2, 0.25) is 0 Å². The van der Waals surface area contributed by atoms with Gasteiger partial charge in [-0.1, -0.05) is 50.3 Å². The zero-order valence-electron chi connectivity index (χ0n) is 7.64. The molecule has 0 heterocycles. The molecule has 67 valence electrons. The second kappa shape index (κ2) is 8.79. The molecule has 0 nitrogen and oxygen atoms in total. The van der Waals surface area contributed by atoms with Crippen LogP contribution in [0.5, 0.6) is 0 Å². The third-order valence-electron chi connectivity index (χ3n) is 1.88. The molecule has 0 saturated carbocycles. The van der Waals surface area contributed by atoms with Crippen LogP contribution in [0.1, 0.15) is 52.4 Å². The minimum Gasteiger partial charge on any atom is -0.0783 e. The van der Waals surface area contributed by atoms with Crippen molar-refractivity contribution in [3.05, 3.63) is 0 Å². The summed E-state index contributed by atoms with van der Waals surface area (Å²) in [4.78, 5) is 0. The lowest BCUT2D eigenvalue weighted by molar-refractivity contribution is 0.616. The largest absolute Gasteiger partial charge is 0.0783 e. The molecule has 0 aliphatic carbocycles. The van der Waals surface area contributed by atoms with Gasteiger partial charge in [-0.15, -0.1) is 0 Å². The fourth-order valence-electron chi connectivity index (χ4n) is 1.18. The Hall–Kier alpha value is 0.700. The topological polar surface area (TPSA) is 0 Å². The fraction of sp³-hybridized carbons (Fsp3) is 1.00. The predicted molar refractivity (Wildman–Crippen MR) is 58.0 cm³/mol. The van der Waals surface area contributed by atoms with E-state index in [1.165, 1.54) is 38.5 Å². The van der Waals surface area contributed by atoms with Crippen LogP contribution in [0.2, 0.25) is 0 Å². The van der Waals surface area contributed by atoms with Crippen molar-refractivity contribution >= 4 is 22.5 Å². The molecule has 1 atom stereocenters. The third kappa shape index (κ3) is 7.07. The molecule has 0 amide bonds. The Labute approximate surface area is 80.3 Å². The molecule has 0 saturated heterocycles. The molecule has 0 bridgehead atoms. The molecular formula is C9H19S2. The highest BCUT2D eigenvalue weighted by Gasteiger charge is 2.05. The van der Waals surface area contributed by atoms with Gasteiger partial charge in [-0.05, 0) is 24.5 Å². The van der Waals surface area contributed by atoms with E-state index in [2.05, 4.69) is 13.8 Å². The van der Waals surface area contributed by atoms with E-state index in [4.69, 9.17) is 11.7 Å². The van der Waals surface area contributed by atoms with Crippen LogP contribution in [-0.4, -0.2) is 5.25 Å². The standard InChI is InChI=1S/C9H19S2/c1-3-5-6-8-9(11-10)7-4-2/h9H,3-8H2,1-2H3. The lowest BCUT2D eigenvalue weighted by Gasteiger charge is -2.10. The normalized spacial score (nSPS) is 13.4. The molecule has 0 aliphatic heterocycles. The molecule has 0 fully saturated rings. The number of unbranched alkanes of at least 4 members (excludes halogenated alkanes) is 2. The van der Waals surface area contributed by atoms with E-state index in [1.807, 2.05) is 0 Å². The summed E-state index contributed by atoms with van der Waals surface area (Å²) in [6.45, 7) is 4.48. The van der Waals surface area contributed by atoms with Gasteiger partial charge in [-0.2, -0.15) is 0 Å². The van der Waals surface area contributed by atoms with Crippen LogP contribution in [-0.2, 0) is 0 Å². The summed E-state index contributed by atoms with van der Waals surface area (Å²) in [5, 5.41) is 0.751. The average molecular weight is 191 g/mol. The Morgan fingerprint density at radius 2 is 1.82 bits per heavy atom. The van der Waals surface area contributed by atoms with Crippen molar-refractivity contribution in [3.63, 3.8) is 0 Å². The second-order valence-corrected chi connectivity index (χ2v) is 4.44. The van der Waals surface area contributed by atoms with Gasteiger partial charge in [0.1, 0.15) is 0 Å². The van der Waals surface area contributed by atoms with Crippen LogP contribution < -0.4 is 0 Å².